The van der Waals surface area contributed by atoms with Gasteiger partial charge in [-0.1, -0.05) is 42.5 Å². The smallest absolute Gasteiger partial charge is 0.457 e. The highest BCUT2D eigenvalue weighted by Crippen LogP contribution is 2.34. The largest absolute Gasteiger partial charge is 0.573 e. The Morgan fingerprint density at radius 3 is 2.00 bits per heavy atom. The van der Waals surface area contributed by atoms with E-state index in [1.54, 1.807) is 12.1 Å². The van der Waals surface area contributed by atoms with Crippen LogP contribution >= 0.6 is 24.8 Å². The van der Waals surface area contributed by atoms with Gasteiger partial charge in [-0.05, 0) is 47.5 Å². The molecule has 4 nitrogen and oxygen atoms in total. The molecular weight excluding hydrogens is 476 g/mol. The summed E-state index contributed by atoms with van der Waals surface area (Å²) in [4.78, 5) is 2.32. The van der Waals surface area contributed by atoms with E-state index in [0.29, 0.717) is 5.75 Å². The lowest BCUT2D eigenvalue weighted by Gasteiger charge is -2.35. The molecule has 4 rings (SSSR count). The third-order valence-corrected chi connectivity index (χ3v) is 5.10. The van der Waals surface area contributed by atoms with Gasteiger partial charge in [0, 0.05) is 26.2 Å². The first kappa shape index (κ1) is 26.8. The standard InChI is InChI=1S/C24H23F3N2O2.2ClH/c25-24(26,27)31-21-11-9-18(10-12-21)23(29-15-13-28-14-16-29)19-5-4-8-22(17-19)30-20-6-2-1-3-7-20;;/h1-12,17,23,28H,13-16H2;2*1H/t23-;;/m1../s1. The average Bonchev–Trinajstić information content (AvgIpc) is 2.76. The van der Waals surface area contributed by atoms with Gasteiger partial charge in [-0.15, -0.1) is 38.0 Å². The van der Waals surface area contributed by atoms with Crippen LogP contribution in [0.2, 0.25) is 0 Å². The van der Waals surface area contributed by atoms with Gasteiger partial charge in [-0.2, -0.15) is 0 Å². The number of ether oxygens (including phenoxy) is 2. The molecule has 1 atom stereocenters. The number of piperazine rings is 1. The minimum Gasteiger partial charge on any atom is -0.457 e. The summed E-state index contributed by atoms with van der Waals surface area (Å²) in [5, 5.41) is 3.34. The third-order valence-electron chi connectivity index (χ3n) is 5.10. The second-order valence-corrected chi connectivity index (χ2v) is 7.29. The predicted octanol–water partition coefficient (Wildman–Crippen LogP) is 6.22. The van der Waals surface area contributed by atoms with Crippen LogP contribution in [0.1, 0.15) is 17.2 Å². The maximum absolute atomic E-state index is 12.5. The summed E-state index contributed by atoms with van der Waals surface area (Å²) in [6, 6.07) is 23.4. The summed E-state index contributed by atoms with van der Waals surface area (Å²) in [5.74, 6) is 1.23. The Morgan fingerprint density at radius 2 is 1.36 bits per heavy atom. The van der Waals surface area contributed by atoms with Crippen molar-refractivity contribution in [3.63, 3.8) is 0 Å². The molecule has 1 heterocycles. The van der Waals surface area contributed by atoms with Crippen molar-refractivity contribution in [1.29, 1.82) is 0 Å². The van der Waals surface area contributed by atoms with E-state index in [1.165, 1.54) is 12.1 Å². The molecule has 3 aromatic carbocycles. The van der Waals surface area contributed by atoms with E-state index in [9.17, 15) is 13.2 Å². The highest BCUT2D eigenvalue weighted by molar-refractivity contribution is 5.85. The van der Waals surface area contributed by atoms with Crippen molar-refractivity contribution >= 4 is 24.8 Å². The fourth-order valence-corrected chi connectivity index (χ4v) is 3.78. The number of hydrogen-bond acceptors (Lipinski definition) is 4. The molecule has 0 saturated carbocycles. The molecule has 0 spiro atoms. The second kappa shape index (κ2) is 12.1. The van der Waals surface area contributed by atoms with Gasteiger partial charge >= 0.3 is 6.36 Å². The molecule has 178 valence electrons. The Bertz CT molecular complexity index is 983. The first-order valence-electron chi connectivity index (χ1n) is 10.1. The summed E-state index contributed by atoms with van der Waals surface area (Å²) in [7, 11) is 0. The van der Waals surface area contributed by atoms with E-state index in [1.807, 2.05) is 54.6 Å². The summed E-state index contributed by atoms with van der Waals surface area (Å²) in [6.45, 7) is 3.36. The number of nitrogens with zero attached hydrogens (tertiary/aromatic N) is 1. The van der Waals surface area contributed by atoms with Crippen LogP contribution in [-0.4, -0.2) is 37.4 Å². The average molecular weight is 501 g/mol. The quantitative estimate of drug-likeness (QED) is 0.435. The summed E-state index contributed by atoms with van der Waals surface area (Å²) < 4.78 is 47.6. The zero-order valence-electron chi connectivity index (χ0n) is 17.6. The first-order chi connectivity index (χ1) is 15.0. The van der Waals surface area contributed by atoms with E-state index >= 15 is 0 Å². The Morgan fingerprint density at radius 1 is 0.727 bits per heavy atom. The fourth-order valence-electron chi connectivity index (χ4n) is 3.78. The zero-order chi connectivity index (χ0) is 21.7. The van der Waals surface area contributed by atoms with Crippen molar-refractivity contribution in [2.75, 3.05) is 26.2 Å². The highest BCUT2D eigenvalue weighted by Gasteiger charge is 2.31. The minimum atomic E-state index is -4.71. The van der Waals surface area contributed by atoms with Crippen molar-refractivity contribution in [1.82, 2.24) is 10.2 Å². The maximum atomic E-state index is 12.5. The van der Waals surface area contributed by atoms with Crippen molar-refractivity contribution in [3.8, 4) is 17.2 Å². The third kappa shape index (κ3) is 7.54. The van der Waals surface area contributed by atoms with Gasteiger partial charge in [0.25, 0.3) is 0 Å². The van der Waals surface area contributed by atoms with E-state index in [0.717, 1.165) is 43.1 Å². The Balaban J connectivity index is 0.00000193. The maximum Gasteiger partial charge on any atom is 0.573 e. The molecule has 1 aliphatic heterocycles. The van der Waals surface area contributed by atoms with Crippen molar-refractivity contribution in [2.24, 2.45) is 0 Å². The molecule has 1 aliphatic rings. The molecular formula is C24H25Cl2F3N2O2. The Labute approximate surface area is 203 Å². The number of benzene rings is 3. The van der Waals surface area contributed by atoms with Crippen LogP contribution in [0, 0.1) is 0 Å². The molecule has 0 bridgehead atoms. The minimum absolute atomic E-state index is 0. The van der Waals surface area contributed by atoms with Crippen molar-refractivity contribution in [3.05, 3.63) is 90.0 Å². The fraction of sp³-hybridized carbons (Fsp3) is 0.250. The lowest BCUT2D eigenvalue weighted by atomic mass is 9.96. The molecule has 0 aliphatic carbocycles. The Kier molecular flexibility index (Phi) is 9.86. The molecule has 1 fully saturated rings. The molecule has 0 aromatic heterocycles. The first-order valence-corrected chi connectivity index (χ1v) is 10.1. The number of rotatable bonds is 6. The van der Waals surface area contributed by atoms with Crippen LogP contribution < -0.4 is 14.8 Å². The topological polar surface area (TPSA) is 33.7 Å². The second-order valence-electron chi connectivity index (χ2n) is 7.29. The van der Waals surface area contributed by atoms with Crippen LogP contribution in [0.5, 0.6) is 17.2 Å². The summed E-state index contributed by atoms with van der Waals surface area (Å²) in [5.41, 5.74) is 1.91. The van der Waals surface area contributed by atoms with Gasteiger partial charge in [-0.3, -0.25) is 4.90 Å². The van der Waals surface area contributed by atoms with Crippen LogP contribution in [-0.2, 0) is 0 Å². The molecule has 33 heavy (non-hydrogen) atoms. The number of hydrogen-bond donors (Lipinski definition) is 1. The molecule has 0 unspecified atom stereocenters. The summed E-state index contributed by atoms with van der Waals surface area (Å²) >= 11 is 0. The van der Waals surface area contributed by atoms with Crippen LogP contribution in [0.3, 0.4) is 0 Å². The van der Waals surface area contributed by atoms with Crippen LogP contribution in [0.15, 0.2) is 78.9 Å². The highest BCUT2D eigenvalue weighted by atomic mass is 35.5. The number of nitrogens with one attached hydrogen (secondary N) is 1. The molecule has 9 heteroatoms. The molecule has 3 aromatic rings. The van der Waals surface area contributed by atoms with E-state index in [-0.39, 0.29) is 36.6 Å². The molecule has 0 amide bonds. The van der Waals surface area contributed by atoms with E-state index in [4.69, 9.17) is 4.74 Å². The lowest BCUT2D eigenvalue weighted by molar-refractivity contribution is -0.274. The molecule has 1 saturated heterocycles. The lowest BCUT2D eigenvalue weighted by Crippen LogP contribution is -2.45. The van der Waals surface area contributed by atoms with Crippen LogP contribution in [0.4, 0.5) is 13.2 Å². The number of para-hydroxylation sites is 1. The normalized spacial score (nSPS) is 15.0. The van der Waals surface area contributed by atoms with E-state index in [2.05, 4.69) is 15.0 Å². The van der Waals surface area contributed by atoms with Gasteiger partial charge in [0.2, 0.25) is 0 Å². The van der Waals surface area contributed by atoms with Crippen molar-refractivity contribution in [2.45, 2.75) is 12.4 Å². The van der Waals surface area contributed by atoms with Crippen molar-refractivity contribution < 1.29 is 22.6 Å². The number of halogens is 5. The van der Waals surface area contributed by atoms with Gasteiger partial charge in [0.15, 0.2) is 0 Å². The SMILES string of the molecule is Cl.Cl.FC(F)(F)Oc1ccc([C@H](c2cccc(Oc3ccccc3)c2)N2CCNCC2)cc1. The van der Waals surface area contributed by atoms with Gasteiger partial charge in [0.05, 0.1) is 6.04 Å². The molecule has 1 N–H and O–H groups in total. The van der Waals surface area contributed by atoms with E-state index < -0.39 is 6.36 Å². The Hall–Kier alpha value is -2.45. The number of alkyl halides is 3. The van der Waals surface area contributed by atoms with Gasteiger partial charge in [-0.25, -0.2) is 0 Å². The molecule has 0 radical (unpaired) electrons. The predicted molar refractivity (Wildman–Crippen MR) is 127 cm³/mol. The zero-order valence-corrected chi connectivity index (χ0v) is 19.3. The van der Waals surface area contributed by atoms with Crippen LogP contribution in [0.25, 0.3) is 0 Å². The monoisotopic (exact) mass is 500 g/mol. The summed E-state index contributed by atoms with van der Waals surface area (Å²) in [6.07, 6.45) is -4.71. The van der Waals surface area contributed by atoms with Gasteiger partial charge in [0.1, 0.15) is 17.2 Å². The van der Waals surface area contributed by atoms with Gasteiger partial charge < -0.3 is 14.8 Å².